The van der Waals surface area contributed by atoms with Gasteiger partial charge in [-0.05, 0) is 43.4 Å². The normalized spacial score (nSPS) is 21.2. The van der Waals surface area contributed by atoms with Crippen LogP contribution in [0.5, 0.6) is 0 Å². The Morgan fingerprint density at radius 1 is 1.16 bits per heavy atom. The van der Waals surface area contributed by atoms with Crippen LogP contribution in [0.15, 0.2) is 29.1 Å². The molecule has 4 nitrogen and oxygen atoms in total. The number of nitrogens with one attached hydrogen (secondary N) is 1. The van der Waals surface area contributed by atoms with Crippen molar-refractivity contribution in [3.05, 3.63) is 45.1 Å². The minimum absolute atomic E-state index is 0.0554. The summed E-state index contributed by atoms with van der Waals surface area (Å²) in [5.74, 6) is 1.10. The fourth-order valence-electron chi connectivity index (χ4n) is 3.99. The van der Waals surface area contributed by atoms with Gasteiger partial charge in [-0.25, -0.2) is 0 Å². The van der Waals surface area contributed by atoms with Gasteiger partial charge in [0.1, 0.15) is 0 Å². The number of rotatable bonds is 1. The van der Waals surface area contributed by atoms with Crippen LogP contribution >= 0.6 is 11.3 Å². The number of carbonyl (C=O) groups excluding carboxylic acids is 1. The van der Waals surface area contributed by atoms with Crippen LogP contribution in [0.3, 0.4) is 0 Å². The summed E-state index contributed by atoms with van der Waals surface area (Å²) in [7, 11) is 0. The van der Waals surface area contributed by atoms with Crippen molar-refractivity contribution in [1.82, 2.24) is 9.88 Å². The van der Waals surface area contributed by atoms with E-state index in [9.17, 15) is 9.59 Å². The van der Waals surface area contributed by atoms with E-state index in [0.717, 1.165) is 34.3 Å². The van der Waals surface area contributed by atoms with E-state index in [1.165, 1.54) is 17.8 Å². The number of piperidine rings is 1. The van der Waals surface area contributed by atoms with Crippen molar-refractivity contribution in [3.8, 4) is 0 Å². The molecular formula is C20H22N2O2S. The van der Waals surface area contributed by atoms with Crippen LogP contribution in [-0.2, 0) is 0 Å². The SMILES string of the molecule is Cc1ccc2[nH]c(=O)c3cc(C(=O)N4CC(C)CC(C)C4)sc3c2c1. The molecule has 0 aliphatic carbocycles. The van der Waals surface area contributed by atoms with Gasteiger partial charge in [0.25, 0.3) is 11.5 Å². The zero-order valence-electron chi connectivity index (χ0n) is 14.8. The Balaban J connectivity index is 1.82. The monoisotopic (exact) mass is 354 g/mol. The first-order valence-electron chi connectivity index (χ1n) is 8.78. The van der Waals surface area contributed by atoms with Crippen LogP contribution in [0.25, 0.3) is 21.0 Å². The van der Waals surface area contributed by atoms with E-state index in [4.69, 9.17) is 0 Å². The lowest BCUT2D eigenvalue weighted by Gasteiger charge is -2.34. The summed E-state index contributed by atoms with van der Waals surface area (Å²) in [6.45, 7) is 8.03. The Labute approximate surface area is 150 Å². The van der Waals surface area contributed by atoms with Crippen molar-refractivity contribution in [2.24, 2.45) is 11.8 Å². The van der Waals surface area contributed by atoms with Crippen molar-refractivity contribution in [2.75, 3.05) is 13.1 Å². The molecule has 1 saturated heterocycles. The van der Waals surface area contributed by atoms with Crippen LogP contribution in [-0.4, -0.2) is 28.9 Å². The van der Waals surface area contributed by atoms with E-state index < -0.39 is 0 Å². The number of pyridine rings is 1. The lowest BCUT2D eigenvalue weighted by Crippen LogP contribution is -2.42. The molecule has 3 heterocycles. The zero-order chi connectivity index (χ0) is 17.7. The largest absolute Gasteiger partial charge is 0.337 e. The maximum Gasteiger partial charge on any atom is 0.263 e. The van der Waals surface area contributed by atoms with Crippen LogP contribution in [0.2, 0.25) is 0 Å². The number of hydrogen-bond acceptors (Lipinski definition) is 3. The number of aryl methyl sites for hydroxylation is 1. The van der Waals surface area contributed by atoms with Gasteiger partial charge in [-0.15, -0.1) is 11.3 Å². The van der Waals surface area contributed by atoms with Gasteiger partial charge in [0.2, 0.25) is 0 Å². The van der Waals surface area contributed by atoms with Gasteiger partial charge in [0.05, 0.1) is 10.3 Å². The van der Waals surface area contributed by atoms with Crippen LogP contribution in [0, 0.1) is 18.8 Å². The Morgan fingerprint density at radius 2 is 1.88 bits per heavy atom. The topological polar surface area (TPSA) is 53.2 Å². The minimum atomic E-state index is -0.123. The van der Waals surface area contributed by atoms with Crippen molar-refractivity contribution in [2.45, 2.75) is 27.2 Å². The number of fused-ring (bicyclic) bond motifs is 3. The number of benzene rings is 1. The standard InChI is InChI=1S/C20H22N2O2S/c1-11-4-5-16-14(7-11)18-15(19(23)21-16)8-17(25-18)20(24)22-9-12(2)6-13(3)10-22/h4-5,7-8,12-13H,6,9-10H2,1-3H3,(H,21,23). The van der Waals surface area contributed by atoms with Gasteiger partial charge in [-0.3, -0.25) is 9.59 Å². The first kappa shape index (κ1) is 16.3. The molecule has 2 unspecified atom stereocenters. The molecule has 5 heteroatoms. The fourth-order valence-corrected chi connectivity index (χ4v) is 5.15. The number of carbonyl (C=O) groups is 1. The third kappa shape index (κ3) is 2.86. The molecule has 1 aliphatic rings. The summed E-state index contributed by atoms with van der Waals surface area (Å²) in [6, 6.07) is 7.76. The highest BCUT2D eigenvalue weighted by atomic mass is 32.1. The number of aromatic nitrogens is 1. The van der Waals surface area contributed by atoms with Gasteiger partial charge in [0.15, 0.2) is 0 Å². The van der Waals surface area contributed by atoms with E-state index in [-0.39, 0.29) is 11.5 Å². The predicted molar refractivity (Wildman–Crippen MR) is 104 cm³/mol. The van der Waals surface area contributed by atoms with Crippen LogP contribution in [0.4, 0.5) is 0 Å². The molecule has 0 bridgehead atoms. The van der Waals surface area contributed by atoms with Crippen molar-refractivity contribution in [1.29, 1.82) is 0 Å². The maximum absolute atomic E-state index is 13.0. The van der Waals surface area contributed by atoms with E-state index in [2.05, 4.69) is 24.9 Å². The summed E-state index contributed by atoms with van der Waals surface area (Å²) < 4.78 is 0.906. The molecule has 0 spiro atoms. The van der Waals surface area contributed by atoms with Gasteiger partial charge in [-0.2, -0.15) is 0 Å². The number of amides is 1. The highest BCUT2D eigenvalue weighted by Gasteiger charge is 2.27. The lowest BCUT2D eigenvalue weighted by atomic mass is 9.92. The van der Waals surface area contributed by atoms with E-state index in [1.54, 1.807) is 6.07 Å². The van der Waals surface area contributed by atoms with Crippen LogP contribution in [0.1, 0.15) is 35.5 Å². The van der Waals surface area contributed by atoms with Gasteiger partial charge in [0, 0.05) is 28.7 Å². The third-order valence-corrected chi connectivity index (χ3v) is 6.17. The average molecular weight is 354 g/mol. The molecule has 1 aliphatic heterocycles. The maximum atomic E-state index is 13.0. The molecule has 4 rings (SSSR count). The highest BCUT2D eigenvalue weighted by Crippen LogP contribution is 2.32. The quantitative estimate of drug-likeness (QED) is 0.713. The number of aromatic amines is 1. The van der Waals surface area contributed by atoms with Crippen molar-refractivity contribution < 1.29 is 4.79 Å². The summed E-state index contributed by atoms with van der Waals surface area (Å²) in [6.07, 6.45) is 1.17. The van der Waals surface area contributed by atoms with E-state index in [0.29, 0.717) is 22.1 Å². The van der Waals surface area contributed by atoms with Crippen molar-refractivity contribution in [3.63, 3.8) is 0 Å². The highest BCUT2D eigenvalue weighted by molar-refractivity contribution is 7.21. The van der Waals surface area contributed by atoms with Gasteiger partial charge >= 0.3 is 0 Å². The first-order valence-corrected chi connectivity index (χ1v) is 9.59. The number of H-pyrrole nitrogens is 1. The molecule has 3 aromatic rings. The minimum Gasteiger partial charge on any atom is -0.337 e. The molecule has 0 radical (unpaired) electrons. The smallest absolute Gasteiger partial charge is 0.263 e. The summed E-state index contributed by atoms with van der Waals surface area (Å²) in [5.41, 5.74) is 1.84. The molecule has 25 heavy (non-hydrogen) atoms. The summed E-state index contributed by atoms with van der Waals surface area (Å²) >= 11 is 1.44. The van der Waals surface area contributed by atoms with Crippen molar-refractivity contribution >= 4 is 38.2 Å². The molecule has 1 fully saturated rings. The Morgan fingerprint density at radius 3 is 2.60 bits per heavy atom. The third-order valence-electron chi connectivity index (χ3n) is 5.01. The number of thiophene rings is 1. The molecule has 1 N–H and O–H groups in total. The molecule has 2 atom stereocenters. The number of likely N-dealkylation sites (tertiary alicyclic amines) is 1. The van der Waals surface area contributed by atoms with Gasteiger partial charge < -0.3 is 9.88 Å². The summed E-state index contributed by atoms with van der Waals surface area (Å²) in [4.78, 5) is 31.0. The second-order valence-corrected chi connectivity index (χ2v) is 8.56. The Kier molecular flexibility index (Phi) is 3.91. The Hall–Kier alpha value is -2.14. The molecule has 130 valence electrons. The predicted octanol–water partition coefficient (Wildman–Crippen LogP) is 4.17. The Bertz CT molecular complexity index is 1020. The second-order valence-electron chi connectivity index (χ2n) is 7.51. The number of hydrogen-bond donors (Lipinski definition) is 1. The van der Waals surface area contributed by atoms with Crippen LogP contribution < -0.4 is 5.56 Å². The molecule has 1 amide bonds. The average Bonchev–Trinajstić information content (AvgIpc) is 3.00. The zero-order valence-corrected chi connectivity index (χ0v) is 15.6. The molecular weight excluding hydrogens is 332 g/mol. The number of nitrogens with zero attached hydrogens (tertiary/aromatic N) is 1. The first-order chi connectivity index (χ1) is 11.9. The summed E-state index contributed by atoms with van der Waals surface area (Å²) in [5, 5.41) is 1.63. The second kappa shape index (κ2) is 5.99. The molecule has 1 aromatic carbocycles. The van der Waals surface area contributed by atoms with Gasteiger partial charge in [-0.1, -0.05) is 25.5 Å². The van der Waals surface area contributed by atoms with E-state index >= 15 is 0 Å². The molecule has 2 aromatic heterocycles. The fraction of sp³-hybridized carbons (Fsp3) is 0.400. The van der Waals surface area contributed by atoms with E-state index in [1.807, 2.05) is 24.0 Å². The molecule has 0 saturated carbocycles. The lowest BCUT2D eigenvalue weighted by molar-refractivity contribution is 0.0628.